The van der Waals surface area contributed by atoms with Gasteiger partial charge in [0.2, 0.25) is 0 Å². The van der Waals surface area contributed by atoms with Crippen LogP contribution in [0, 0.1) is 17.1 Å². The summed E-state index contributed by atoms with van der Waals surface area (Å²) in [5.74, 6) is -2.54. The number of benzene rings is 4. The van der Waals surface area contributed by atoms with Crippen molar-refractivity contribution < 1.29 is 45.4 Å². The number of aromatic nitrogens is 2. The molecule has 1 aromatic heterocycles. The second kappa shape index (κ2) is 19.4. The average Bonchev–Trinajstić information content (AvgIpc) is 3.24. The van der Waals surface area contributed by atoms with Gasteiger partial charge in [0.25, 0.3) is 11.5 Å². The number of amides is 1. The molecule has 0 saturated carbocycles. The quantitative estimate of drug-likeness (QED) is 0.0800. The van der Waals surface area contributed by atoms with Gasteiger partial charge in [0, 0.05) is 44.4 Å². The largest absolute Gasteiger partial charge is 0.494 e. The molecule has 4 aromatic carbocycles. The molecule has 326 valence electrons. The fourth-order valence-electron chi connectivity index (χ4n) is 7.36. The molecule has 62 heavy (non-hydrogen) atoms. The molecule has 2 N–H and O–H groups in total. The van der Waals surface area contributed by atoms with E-state index in [0.717, 1.165) is 51.3 Å². The number of unbranched alkanes of at least 4 members (excludes halogenated alkanes) is 3. The highest BCUT2D eigenvalue weighted by atomic mass is 32.2. The first-order valence-electron chi connectivity index (χ1n) is 20.0. The molecule has 0 bridgehead atoms. The number of fused-ring (bicyclic) bond motifs is 1. The van der Waals surface area contributed by atoms with E-state index < -0.39 is 56.5 Å². The lowest BCUT2D eigenvalue weighted by Crippen LogP contribution is -2.49. The third-order valence-electron chi connectivity index (χ3n) is 10.8. The van der Waals surface area contributed by atoms with Gasteiger partial charge in [-0.1, -0.05) is 43.2 Å². The van der Waals surface area contributed by atoms with Gasteiger partial charge in [-0.3, -0.25) is 19.3 Å². The van der Waals surface area contributed by atoms with E-state index in [2.05, 4.69) is 15.1 Å². The number of ether oxygens (including phenoxy) is 1. The number of nitrogens with zero attached hydrogens (tertiary/aromatic N) is 4. The maximum atomic E-state index is 14.9. The molecule has 0 unspecified atom stereocenters. The number of ketones is 1. The van der Waals surface area contributed by atoms with Gasteiger partial charge < -0.3 is 14.7 Å². The minimum atomic E-state index is -4.84. The van der Waals surface area contributed by atoms with Gasteiger partial charge in [-0.25, -0.2) is 17.9 Å². The summed E-state index contributed by atoms with van der Waals surface area (Å²) in [5.41, 5.74) is -3.37. The molecule has 2 heterocycles. The summed E-state index contributed by atoms with van der Waals surface area (Å²) >= 11 is 0. The monoisotopic (exact) mass is 875 g/mol. The van der Waals surface area contributed by atoms with Crippen LogP contribution in [-0.2, 0) is 33.6 Å². The Balaban J connectivity index is 0.887. The van der Waals surface area contributed by atoms with E-state index in [1.165, 1.54) is 36.4 Å². The number of carbonyl (C=O) groups excluding carboxylic acids is 2. The van der Waals surface area contributed by atoms with Gasteiger partial charge in [-0.05, 0) is 92.0 Å². The van der Waals surface area contributed by atoms with Crippen molar-refractivity contribution in [3.8, 4) is 11.8 Å². The van der Waals surface area contributed by atoms with Crippen LogP contribution in [0.1, 0.15) is 70.9 Å². The average molecular weight is 876 g/mol. The first-order chi connectivity index (χ1) is 29.4. The highest BCUT2D eigenvalue weighted by Gasteiger charge is 2.38. The van der Waals surface area contributed by atoms with Crippen molar-refractivity contribution in [2.24, 2.45) is 0 Å². The number of sulfone groups is 1. The Bertz CT molecular complexity index is 2640. The summed E-state index contributed by atoms with van der Waals surface area (Å²) < 4.78 is 87.0. The SMILES string of the molecule is C[C@](O)(CS(=O)(=O)c1ccc(OCCCCCCN2CCN(C(=O)c3cc(Cc4n[nH]c(=O)c5ccccc45)ccc3F)CC2)cc1)C(=O)Cc1ccc(C#N)c(C(F)(F)F)c1. The molecular weight excluding hydrogens is 831 g/mol. The zero-order chi connectivity index (χ0) is 44.7. The lowest BCUT2D eigenvalue weighted by atomic mass is 9.94. The number of rotatable bonds is 17. The Labute approximate surface area is 355 Å². The Morgan fingerprint density at radius 1 is 0.903 bits per heavy atom. The lowest BCUT2D eigenvalue weighted by Gasteiger charge is -2.35. The molecule has 1 amide bonds. The molecule has 1 aliphatic rings. The van der Waals surface area contributed by atoms with Gasteiger partial charge in [0.15, 0.2) is 15.6 Å². The van der Waals surface area contributed by atoms with Gasteiger partial charge in [-0.15, -0.1) is 0 Å². The molecule has 12 nitrogen and oxygen atoms in total. The minimum Gasteiger partial charge on any atom is -0.494 e. The summed E-state index contributed by atoms with van der Waals surface area (Å²) in [4.78, 5) is 42.2. The van der Waals surface area contributed by atoms with Crippen molar-refractivity contribution in [2.45, 2.75) is 62.1 Å². The molecule has 0 aliphatic carbocycles. The summed E-state index contributed by atoms with van der Waals surface area (Å²) in [6.45, 7) is 4.48. The summed E-state index contributed by atoms with van der Waals surface area (Å²) in [7, 11) is -4.20. The van der Waals surface area contributed by atoms with Crippen LogP contribution in [0.2, 0.25) is 0 Å². The minimum absolute atomic E-state index is 0.00129. The van der Waals surface area contributed by atoms with Crippen LogP contribution in [0.4, 0.5) is 17.6 Å². The number of H-pyrrole nitrogens is 1. The van der Waals surface area contributed by atoms with Crippen molar-refractivity contribution in [1.29, 1.82) is 5.26 Å². The topological polar surface area (TPSA) is 174 Å². The highest BCUT2D eigenvalue weighted by Crippen LogP contribution is 2.33. The zero-order valence-corrected chi connectivity index (χ0v) is 34.7. The second-order valence-corrected chi connectivity index (χ2v) is 17.5. The van der Waals surface area contributed by atoms with Gasteiger partial charge in [0.05, 0.1) is 51.1 Å². The van der Waals surface area contributed by atoms with Crippen LogP contribution in [0.25, 0.3) is 10.8 Å². The molecule has 1 saturated heterocycles. The van der Waals surface area contributed by atoms with Crippen molar-refractivity contribution >= 4 is 32.3 Å². The third-order valence-corrected chi connectivity index (χ3v) is 12.8. The maximum absolute atomic E-state index is 14.9. The van der Waals surface area contributed by atoms with Crippen LogP contribution in [-0.4, -0.2) is 95.9 Å². The maximum Gasteiger partial charge on any atom is 0.417 e. The molecular formula is C45H45F4N5O7S. The van der Waals surface area contributed by atoms with E-state index in [1.54, 1.807) is 29.2 Å². The molecule has 0 spiro atoms. The number of Topliss-reactive ketones (excluding diaryl/α,β-unsaturated/α-hetero) is 1. The van der Waals surface area contributed by atoms with E-state index in [1.807, 2.05) is 12.1 Å². The fraction of sp³-hybridized carbons (Fsp3) is 0.356. The standard InChI is InChI=1S/C45H45F4N5O7S/c1-44(58,41(55)27-31-10-12-32(28-50)38(25-31)45(47,48)49)29-62(59,60)34-15-13-33(14-16-34)61-23-7-3-2-6-18-53-19-21-54(22-20-53)43(57)37-24-30(11-17-39(37)46)26-40-35-8-4-5-9-36(35)42(56)52-51-40/h4-5,8-17,24-25,58H,2-3,6-7,18-23,26-27,29H2,1H3,(H,52,56)/t44-/m0/s1. The third kappa shape index (κ3) is 11.3. The van der Waals surface area contributed by atoms with Crippen LogP contribution >= 0.6 is 0 Å². The molecule has 1 fully saturated rings. The van der Waals surface area contributed by atoms with Gasteiger partial charge in [-0.2, -0.15) is 23.5 Å². The zero-order valence-electron chi connectivity index (χ0n) is 33.9. The van der Waals surface area contributed by atoms with Crippen molar-refractivity contribution in [3.63, 3.8) is 0 Å². The number of aromatic amines is 1. The van der Waals surface area contributed by atoms with Crippen LogP contribution in [0.3, 0.4) is 0 Å². The van der Waals surface area contributed by atoms with E-state index in [0.29, 0.717) is 73.1 Å². The van der Waals surface area contributed by atoms with Gasteiger partial charge >= 0.3 is 6.18 Å². The van der Waals surface area contributed by atoms with E-state index >= 15 is 0 Å². The number of nitrogens with one attached hydrogen (secondary N) is 1. The van der Waals surface area contributed by atoms with Gasteiger partial charge in [0.1, 0.15) is 17.2 Å². The first kappa shape index (κ1) is 45.6. The highest BCUT2D eigenvalue weighted by molar-refractivity contribution is 7.91. The van der Waals surface area contributed by atoms with Crippen molar-refractivity contribution in [2.75, 3.05) is 45.1 Å². The Kier molecular flexibility index (Phi) is 14.3. The van der Waals surface area contributed by atoms with E-state index in [-0.39, 0.29) is 27.5 Å². The molecule has 5 aromatic rings. The Morgan fingerprint density at radius 2 is 1.58 bits per heavy atom. The summed E-state index contributed by atoms with van der Waals surface area (Å²) in [5, 5.41) is 27.7. The number of aliphatic hydroxyl groups is 1. The normalized spacial score (nSPS) is 14.6. The molecule has 17 heteroatoms. The second-order valence-electron chi connectivity index (χ2n) is 15.5. The smallest absolute Gasteiger partial charge is 0.417 e. The summed E-state index contributed by atoms with van der Waals surface area (Å²) in [6, 6.07) is 21.2. The first-order valence-corrected chi connectivity index (χ1v) is 21.7. The number of hydrogen-bond donors (Lipinski definition) is 2. The molecule has 6 rings (SSSR count). The lowest BCUT2D eigenvalue weighted by molar-refractivity contribution is -0.138. The molecule has 1 atom stereocenters. The molecule has 1 aliphatic heterocycles. The fourth-order valence-corrected chi connectivity index (χ4v) is 8.98. The number of carbonyl (C=O) groups is 2. The van der Waals surface area contributed by atoms with Crippen LogP contribution < -0.4 is 10.3 Å². The van der Waals surface area contributed by atoms with E-state index in [9.17, 15) is 45.5 Å². The predicted molar refractivity (Wildman–Crippen MR) is 222 cm³/mol. The Hall–Kier alpha value is -5.96. The van der Waals surface area contributed by atoms with Crippen LogP contribution in [0.15, 0.2) is 94.6 Å². The number of hydrogen-bond acceptors (Lipinski definition) is 10. The summed E-state index contributed by atoms with van der Waals surface area (Å²) in [6.07, 6.45) is -1.72. The Morgan fingerprint density at radius 3 is 2.27 bits per heavy atom. The van der Waals surface area contributed by atoms with E-state index in [4.69, 9.17) is 10.00 Å². The number of piperazine rings is 1. The number of halogens is 4. The van der Waals surface area contributed by atoms with Crippen LogP contribution in [0.5, 0.6) is 5.75 Å². The molecule has 0 radical (unpaired) electrons. The van der Waals surface area contributed by atoms with Crippen molar-refractivity contribution in [1.82, 2.24) is 20.0 Å². The number of nitriles is 1. The van der Waals surface area contributed by atoms with Crippen molar-refractivity contribution in [3.05, 3.63) is 135 Å². The number of alkyl halides is 3. The predicted octanol–water partition coefficient (Wildman–Crippen LogP) is 6.28.